The Kier molecular flexibility index (Phi) is 5.86. The molecular weight excluding hydrogens is 473 g/mol. The van der Waals surface area contributed by atoms with Crippen molar-refractivity contribution in [2.45, 2.75) is 58.3 Å². The summed E-state index contributed by atoms with van der Waals surface area (Å²) in [5.41, 5.74) is 7.51. The van der Waals surface area contributed by atoms with Crippen molar-refractivity contribution in [3.05, 3.63) is 94.6 Å². The molecule has 1 saturated carbocycles. The van der Waals surface area contributed by atoms with E-state index in [4.69, 9.17) is 5.10 Å². The van der Waals surface area contributed by atoms with Crippen LogP contribution >= 0.6 is 0 Å². The van der Waals surface area contributed by atoms with Gasteiger partial charge in [0.15, 0.2) is 0 Å². The molecule has 0 bridgehead atoms. The van der Waals surface area contributed by atoms with E-state index >= 15 is 0 Å². The van der Waals surface area contributed by atoms with Crippen LogP contribution in [0.5, 0.6) is 0 Å². The molecule has 7 heteroatoms. The number of hydrogen-bond donors (Lipinski definition) is 1. The number of alkyl halides is 3. The van der Waals surface area contributed by atoms with E-state index in [1.807, 2.05) is 29.1 Å². The minimum atomic E-state index is -4.25. The van der Waals surface area contributed by atoms with Crippen LogP contribution in [0.3, 0.4) is 0 Å². The van der Waals surface area contributed by atoms with Crippen molar-refractivity contribution in [2.24, 2.45) is 17.3 Å². The minimum Gasteiger partial charge on any atom is -0.309 e. The molecule has 0 aliphatic heterocycles. The lowest BCUT2D eigenvalue weighted by molar-refractivity contribution is -0.187. The van der Waals surface area contributed by atoms with Crippen molar-refractivity contribution in [1.29, 1.82) is 0 Å². The number of nitrogens with one attached hydrogen (secondary N) is 1. The standard InChI is InChI=1S/C30H31F3N4/c1-19-5-8-23(9-6-19)37-27-14-22-7-10-24-25(29(22,2)15-21(27)18-36-37)11-12-26(30(31,32)33)28(24)35-17-20-4-3-13-34-16-20/h3-6,8-9,11,13-14,16,18,24,26,28,35H,7,10,12,15,17H2,1-2H3/t24-,26+,28+,29-/m0/s1. The fourth-order valence-corrected chi connectivity index (χ4v) is 6.69. The highest BCUT2D eigenvalue weighted by molar-refractivity contribution is 5.64. The fraction of sp³-hybridized carbons (Fsp3) is 0.400. The number of hydrogen-bond acceptors (Lipinski definition) is 3. The van der Waals surface area contributed by atoms with Crippen LogP contribution in [-0.4, -0.2) is 27.0 Å². The number of pyridine rings is 1. The second-order valence-electron chi connectivity index (χ2n) is 10.9. The van der Waals surface area contributed by atoms with Crippen LogP contribution in [0.15, 0.2) is 72.2 Å². The summed E-state index contributed by atoms with van der Waals surface area (Å²) in [4.78, 5) is 4.12. The molecule has 192 valence electrons. The van der Waals surface area contributed by atoms with Gasteiger partial charge in [-0.25, -0.2) is 4.68 Å². The molecule has 37 heavy (non-hydrogen) atoms. The maximum absolute atomic E-state index is 14.2. The molecule has 1 aromatic carbocycles. The van der Waals surface area contributed by atoms with E-state index in [2.05, 4.69) is 54.5 Å². The first-order valence-corrected chi connectivity index (χ1v) is 13.0. The molecule has 0 amide bonds. The number of halogens is 3. The van der Waals surface area contributed by atoms with Gasteiger partial charge in [-0.3, -0.25) is 4.98 Å². The van der Waals surface area contributed by atoms with E-state index in [9.17, 15) is 13.2 Å². The molecule has 0 saturated heterocycles. The molecular formula is C30H31F3N4. The van der Waals surface area contributed by atoms with Gasteiger partial charge in [0.1, 0.15) is 0 Å². The minimum absolute atomic E-state index is 0.0123. The van der Waals surface area contributed by atoms with E-state index in [0.29, 0.717) is 13.0 Å². The van der Waals surface area contributed by atoms with Crippen molar-refractivity contribution >= 4 is 6.08 Å². The number of fused-ring (bicyclic) bond motifs is 4. The van der Waals surface area contributed by atoms with Crippen LogP contribution in [0.25, 0.3) is 11.8 Å². The molecule has 3 aromatic rings. The average molecular weight is 505 g/mol. The van der Waals surface area contributed by atoms with Gasteiger partial charge in [0.05, 0.1) is 23.5 Å². The van der Waals surface area contributed by atoms with E-state index in [1.54, 1.807) is 12.4 Å². The summed E-state index contributed by atoms with van der Waals surface area (Å²) in [6.07, 6.45) is 7.49. The van der Waals surface area contributed by atoms with Crippen molar-refractivity contribution in [3.8, 4) is 5.69 Å². The van der Waals surface area contributed by atoms with Gasteiger partial charge in [0, 0.05) is 30.4 Å². The molecule has 1 N–H and O–H groups in total. The van der Waals surface area contributed by atoms with Crippen LogP contribution in [-0.2, 0) is 13.0 Å². The Morgan fingerprint density at radius 1 is 1.14 bits per heavy atom. The van der Waals surface area contributed by atoms with Crippen molar-refractivity contribution in [1.82, 2.24) is 20.1 Å². The van der Waals surface area contributed by atoms with Crippen LogP contribution in [0, 0.1) is 24.2 Å². The summed E-state index contributed by atoms with van der Waals surface area (Å²) in [6, 6.07) is 11.4. The Hall–Kier alpha value is -3.19. The summed E-state index contributed by atoms with van der Waals surface area (Å²) < 4.78 is 44.5. The second-order valence-corrected chi connectivity index (χ2v) is 10.9. The third kappa shape index (κ3) is 4.23. The van der Waals surface area contributed by atoms with Crippen LogP contribution < -0.4 is 5.32 Å². The zero-order valence-electron chi connectivity index (χ0n) is 21.1. The highest BCUT2D eigenvalue weighted by atomic mass is 19.4. The summed E-state index contributed by atoms with van der Waals surface area (Å²) >= 11 is 0. The molecule has 0 radical (unpaired) electrons. The molecule has 6 rings (SSSR count). The summed E-state index contributed by atoms with van der Waals surface area (Å²) in [7, 11) is 0. The first kappa shape index (κ1) is 24.2. The molecule has 1 fully saturated rings. The fourth-order valence-electron chi connectivity index (χ4n) is 6.69. The van der Waals surface area contributed by atoms with Crippen LogP contribution in [0.4, 0.5) is 13.2 Å². The molecule has 4 nitrogen and oxygen atoms in total. The third-order valence-corrected chi connectivity index (χ3v) is 8.63. The van der Waals surface area contributed by atoms with Gasteiger partial charge in [-0.05, 0) is 73.9 Å². The Labute approximate surface area is 215 Å². The lowest BCUT2D eigenvalue weighted by Crippen LogP contribution is -2.53. The Morgan fingerprint density at radius 2 is 1.95 bits per heavy atom. The third-order valence-electron chi connectivity index (χ3n) is 8.63. The summed E-state index contributed by atoms with van der Waals surface area (Å²) in [6.45, 7) is 4.66. The Bertz CT molecular complexity index is 1350. The second kappa shape index (κ2) is 8.98. The zero-order chi connectivity index (χ0) is 25.8. The molecule has 0 spiro atoms. The highest BCUT2D eigenvalue weighted by Crippen LogP contribution is 2.57. The maximum Gasteiger partial charge on any atom is 0.393 e. The predicted molar refractivity (Wildman–Crippen MR) is 138 cm³/mol. The van der Waals surface area contributed by atoms with Crippen molar-refractivity contribution in [3.63, 3.8) is 0 Å². The van der Waals surface area contributed by atoms with Crippen molar-refractivity contribution in [2.75, 3.05) is 0 Å². The SMILES string of the molecule is Cc1ccc(-n2ncc3c2C=C2CC[C@H]4C(=CC[C@@H](C(F)(F)F)[C@@H]4NCc4cccnc4)[C@@]2(C)C3)cc1. The summed E-state index contributed by atoms with van der Waals surface area (Å²) in [5.74, 6) is -1.55. The lowest BCUT2D eigenvalue weighted by Gasteiger charge is -2.51. The largest absolute Gasteiger partial charge is 0.393 e. The van der Waals surface area contributed by atoms with Crippen LogP contribution in [0.1, 0.15) is 48.6 Å². The Balaban J connectivity index is 1.33. The normalized spacial score (nSPS) is 27.0. The van der Waals surface area contributed by atoms with Crippen LogP contribution in [0.2, 0.25) is 0 Å². The number of nitrogens with zero attached hydrogens (tertiary/aromatic N) is 3. The first-order valence-electron chi connectivity index (χ1n) is 13.0. The van der Waals surface area contributed by atoms with E-state index in [1.165, 1.54) is 11.1 Å². The monoisotopic (exact) mass is 504 g/mol. The number of allylic oxidation sites excluding steroid dienone is 2. The van der Waals surface area contributed by atoms with Gasteiger partial charge < -0.3 is 5.32 Å². The Morgan fingerprint density at radius 3 is 2.68 bits per heavy atom. The molecule has 3 aliphatic rings. The lowest BCUT2D eigenvalue weighted by atomic mass is 9.55. The smallest absolute Gasteiger partial charge is 0.309 e. The quantitative estimate of drug-likeness (QED) is 0.407. The molecule has 4 atom stereocenters. The van der Waals surface area contributed by atoms with E-state index in [-0.39, 0.29) is 17.8 Å². The maximum atomic E-state index is 14.2. The van der Waals surface area contributed by atoms with Gasteiger partial charge >= 0.3 is 6.18 Å². The number of rotatable bonds is 4. The number of aryl methyl sites for hydroxylation is 1. The van der Waals surface area contributed by atoms with Crippen molar-refractivity contribution < 1.29 is 13.2 Å². The average Bonchev–Trinajstić information content (AvgIpc) is 3.28. The predicted octanol–water partition coefficient (Wildman–Crippen LogP) is 6.60. The molecule has 2 heterocycles. The number of aromatic nitrogens is 3. The van der Waals surface area contributed by atoms with Gasteiger partial charge in [-0.2, -0.15) is 18.3 Å². The van der Waals surface area contributed by atoms with E-state index < -0.39 is 18.1 Å². The molecule has 3 aliphatic carbocycles. The summed E-state index contributed by atoms with van der Waals surface area (Å²) in [5, 5.41) is 8.02. The van der Waals surface area contributed by atoms with Gasteiger partial charge in [0.25, 0.3) is 0 Å². The zero-order valence-corrected chi connectivity index (χ0v) is 21.1. The molecule has 0 unspecified atom stereocenters. The molecule has 2 aromatic heterocycles. The van der Waals surface area contributed by atoms with Gasteiger partial charge in [-0.1, -0.05) is 47.9 Å². The van der Waals surface area contributed by atoms with E-state index in [0.717, 1.165) is 40.9 Å². The topological polar surface area (TPSA) is 42.7 Å². The number of benzene rings is 1. The van der Waals surface area contributed by atoms with Gasteiger partial charge in [0.2, 0.25) is 0 Å². The highest BCUT2D eigenvalue weighted by Gasteiger charge is 2.54. The van der Waals surface area contributed by atoms with Gasteiger partial charge in [-0.15, -0.1) is 0 Å². The first-order chi connectivity index (χ1) is 17.7.